The minimum atomic E-state index is -0.212. The number of nitrogens with zero attached hydrogens (tertiary/aromatic N) is 1. The molecular formula is C13H15NO. The lowest BCUT2D eigenvalue weighted by atomic mass is 9.89. The van der Waals surface area contributed by atoms with E-state index in [2.05, 4.69) is 23.2 Å². The predicted molar refractivity (Wildman–Crippen MR) is 62.2 cm³/mol. The van der Waals surface area contributed by atoms with Crippen molar-refractivity contribution in [3.63, 3.8) is 0 Å². The molecule has 0 radical (unpaired) electrons. The van der Waals surface area contributed by atoms with Gasteiger partial charge in [-0.25, -0.2) is 0 Å². The zero-order chi connectivity index (χ0) is 10.6. The standard InChI is InChI=1S/C13H15NO/c15-10-8-13(7-4-9-14-13)11-12-5-2-1-3-6-12/h1-7,9,15H,8,10-11H2. The highest BCUT2D eigenvalue weighted by Crippen LogP contribution is 2.26. The first-order valence-electron chi connectivity index (χ1n) is 5.22. The van der Waals surface area contributed by atoms with Crippen LogP contribution in [-0.4, -0.2) is 23.5 Å². The van der Waals surface area contributed by atoms with Crippen molar-refractivity contribution < 1.29 is 5.11 Å². The summed E-state index contributed by atoms with van der Waals surface area (Å²) < 4.78 is 0. The Kier molecular flexibility index (Phi) is 2.97. The third kappa shape index (κ3) is 2.34. The number of aliphatic hydroxyl groups excluding tert-OH is 1. The molecule has 0 amide bonds. The van der Waals surface area contributed by atoms with Crippen LogP contribution in [0, 0.1) is 0 Å². The van der Waals surface area contributed by atoms with Crippen LogP contribution < -0.4 is 0 Å². The maximum Gasteiger partial charge on any atom is 0.0853 e. The molecule has 0 aromatic heterocycles. The highest BCUT2D eigenvalue weighted by molar-refractivity contribution is 5.75. The number of rotatable bonds is 4. The van der Waals surface area contributed by atoms with Gasteiger partial charge in [0.2, 0.25) is 0 Å². The van der Waals surface area contributed by atoms with Crippen LogP contribution in [0.4, 0.5) is 0 Å². The van der Waals surface area contributed by atoms with E-state index < -0.39 is 0 Å². The van der Waals surface area contributed by atoms with Gasteiger partial charge < -0.3 is 5.11 Å². The molecule has 0 saturated heterocycles. The maximum absolute atomic E-state index is 9.06. The Balaban J connectivity index is 2.15. The van der Waals surface area contributed by atoms with Gasteiger partial charge in [-0.15, -0.1) is 0 Å². The van der Waals surface area contributed by atoms with Crippen molar-refractivity contribution in [2.75, 3.05) is 6.61 Å². The summed E-state index contributed by atoms with van der Waals surface area (Å²) in [5.74, 6) is 0. The van der Waals surface area contributed by atoms with E-state index in [1.54, 1.807) is 0 Å². The van der Waals surface area contributed by atoms with Crippen molar-refractivity contribution in [1.29, 1.82) is 0 Å². The molecule has 0 bridgehead atoms. The molecule has 1 aliphatic heterocycles. The van der Waals surface area contributed by atoms with Crippen LogP contribution >= 0.6 is 0 Å². The fourth-order valence-electron chi connectivity index (χ4n) is 1.94. The zero-order valence-corrected chi connectivity index (χ0v) is 8.63. The van der Waals surface area contributed by atoms with Crippen molar-refractivity contribution in [1.82, 2.24) is 0 Å². The van der Waals surface area contributed by atoms with Gasteiger partial charge in [0.05, 0.1) is 5.54 Å². The second kappa shape index (κ2) is 4.41. The molecule has 2 nitrogen and oxygen atoms in total. The number of aliphatic hydroxyl groups is 1. The van der Waals surface area contributed by atoms with Crippen LogP contribution in [0.25, 0.3) is 0 Å². The van der Waals surface area contributed by atoms with Gasteiger partial charge in [0.15, 0.2) is 0 Å². The number of allylic oxidation sites excluding steroid dienone is 1. The highest BCUT2D eigenvalue weighted by atomic mass is 16.3. The largest absolute Gasteiger partial charge is 0.396 e. The van der Waals surface area contributed by atoms with Gasteiger partial charge in [-0.1, -0.05) is 36.4 Å². The molecule has 0 saturated carbocycles. The second-order valence-corrected chi connectivity index (χ2v) is 3.88. The third-order valence-corrected chi connectivity index (χ3v) is 2.72. The number of hydrogen-bond acceptors (Lipinski definition) is 2. The molecule has 1 aromatic carbocycles. The smallest absolute Gasteiger partial charge is 0.0853 e. The van der Waals surface area contributed by atoms with Gasteiger partial charge in [0, 0.05) is 19.2 Å². The summed E-state index contributed by atoms with van der Waals surface area (Å²) in [5, 5.41) is 9.06. The van der Waals surface area contributed by atoms with E-state index in [0.717, 1.165) is 6.42 Å². The van der Waals surface area contributed by atoms with Crippen molar-refractivity contribution in [3.05, 3.63) is 48.0 Å². The summed E-state index contributed by atoms with van der Waals surface area (Å²) in [4.78, 5) is 4.46. The van der Waals surface area contributed by atoms with Crippen LogP contribution in [0.3, 0.4) is 0 Å². The summed E-state index contributed by atoms with van der Waals surface area (Å²) in [5.41, 5.74) is 1.05. The van der Waals surface area contributed by atoms with Gasteiger partial charge >= 0.3 is 0 Å². The first-order valence-corrected chi connectivity index (χ1v) is 5.22. The number of hydrogen-bond donors (Lipinski definition) is 1. The molecule has 1 unspecified atom stereocenters. The Bertz CT molecular complexity index is 355. The molecule has 1 aromatic rings. The average Bonchev–Trinajstić information content (AvgIpc) is 2.69. The van der Waals surface area contributed by atoms with E-state index in [-0.39, 0.29) is 12.1 Å². The minimum Gasteiger partial charge on any atom is -0.396 e. The van der Waals surface area contributed by atoms with Crippen molar-refractivity contribution in [3.8, 4) is 0 Å². The molecule has 1 atom stereocenters. The van der Waals surface area contributed by atoms with Gasteiger partial charge in [0.1, 0.15) is 0 Å². The lowest BCUT2D eigenvalue weighted by Gasteiger charge is -2.23. The number of aliphatic imine (C=N–C) groups is 1. The van der Waals surface area contributed by atoms with Crippen LogP contribution in [0.15, 0.2) is 47.5 Å². The summed E-state index contributed by atoms with van der Waals surface area (Å²) in [6, 6.07) is 10.3. The van der Waals surface area contributed by atoms with E-state index in [1.165, 1.54) is 5.56 Å². The summed E-state index contributed by atoms with van der Waals surface area (Å²) in [6.07, 6.45) is 7.41. The van der Waals surface area contributed by atoms with Crippen molar-refractivity contribution >= 4 is 6.21 Å². The van der Waals surface area contributed by atoms with Gasteiger partial charge in [-0.05, 0) is 18.1 Å². The van der Waals surface area contributed by atoms with Crippen LogP contribution in [0.1, 0.15) is 12.0 Å². The van der Waals surface area contributed by atoms with Crippen LogP contribution in [0.5, 0.6) is 0 Å². The molecule has 2 rings (SSSR count). The Labute approximate surface area is 90.0 Å². The third-order valence-electron chi connectivity index (χ3n) is 2.72. The average molecular weight is 201 g/mol. The second-order valence-electron chi connectivity index (χ2n) is 3.88. The van der Waals surface area contributed by atoms with E-state index in [9.17, 15) is 0 Å². The Morgan fingerprint density at radius 1 is 1.20 bits per heavy atom. The Morgan fingerprint density at radius 2 is 2.00 bits per heavy atom. The quantitative estimate of drug-likeness (QED) is 0.794. The predicted octanol–water partition coefficient (Wildman–Crippen LogP) is 1.99. The highest BCUT2D eigenvalue weighted by Gasteiger charge is 2.27. The first-order chi connectivity index (χ1) is 7.35. The SMILES string of the molecule is OCCC1(Cc2ccccc2)C=CC=N1. The lowest BCUT2D eigenvalue weighted by molar-refractivity contribution is 0.258. The van der Waals surface area contributed by atoms with E-state index in [0.29, 0.717) is 6.42 Å². The molecule has 1 heterocycles. The van der Waals surface area contributed by atoms with E-state index >= 15 is 0 Å². The molecule has 2 heteroatoms. The Morgan fingerprint density at radius 3 is 2.60 bits per heavy atom. The summed E-state index contributed by atoms with van der Waals surface area (Å²) >= 11 is 0. The lowest BCUT2D eigenvalue weighted by Crippen LogP contribution is -2.26. The maximum atomic E-state index is 9.06. The molecule has 1 N–H and O–H groups in total. The van der Waals surface area contributed by atoms with Crippen molar-refractivity contribution in [2.24, 2.45) is 4.99 Å². The van der Waals surface area contributed by atoms with E-state index in [1.807, 2.05) is 30.5 Å². The normalized spacial score (nSPS) is 23.5. The van der Waals surface area contributed by atoms with Gasteiger partial charge in [-0.3, -0.25) is 4.99 Å². The molecule has 0 fully saturated rings. The molecular weight excluding hydrogens is 186 g/mol. The number of benzene rings is 1. The van der Waals surface area contributed by atoms with Gasteiger partial charge in [0.25, 0.3) is 0 Å². The topological polar surface area (TPSA) is 32.6 Å². The fraction of sp³-hybridized carbons (Fsp3) is 0.308. The van der Waals surface area contributed by atoms with Crippen molar-refractivity contribution in [2.45, 2.75) is 18.4 Å². The van der Waals surface area contributed by atoms with Gasteiger partial charge in [-0.2, -0.15) is 0 Å². The summed E-state index contributed by atoms with van der Waals surface area (Å²) in [6.45, 7) is 0.175. The Hall–Kier alpha value is -1.41. The molecule has 0 aliphatic carbocycles. The molecule has 78 valence electrons. The van der Waals surface area contributed by atoms with E-state index in [4.69, 9.17) is 5.11 Å². The summed E-state index contributed by atoms with van der Waals surface area (Å²) in [7, 11) is 0. The monoisotopic (exact) mass is 201 g/mol. The first kappa shape index (κ1) is 10.1. The fourth-order valence-corrected chi connectivity index (χ4v) is 1.94. The molecule has 15 heavy (non-hydrogen) atoms. The molecule has 0 spiro atoms. The molecule has 1 aliphatic rings. The van der Waals surface area contributed by atoms with Crippen LogP contribution in [-0.2, 0) is 6.42 Å². The minimum absolute atomic E-state index is 0.175. The van der Waals surface area contributed by atoms with Crippen LogP contribution in [0.2, 0.25) is 0 Å². The zero-order valence-electron chi connectivity index (χ0n) is 8.63.